The van der Waals surface area contributed by atoms with Crippen LogP contribution >= 0.6 is 22.6 Å². The number of rotatable bonds is 17. The minimum atomic E-state index is -6.64. The standard InChI is InChI=1S/C35H38F5IO10S/c1-5-22(18-26(24-7-12-27(42)13-8-24)17-20(3)23-9-14-28(15-10-23)49-21(4)48-6-2)31(43)50-30-19-25(11-16-29(30)41)32(44)51-33(34(36,37)38)35(39,40)52(45,46)47/h7-16,19-22,26,33,42H,5-6,17-18H2,1-4H3,(H,45,46,47). The summed E-state index contributed by atoms with van der Waals surface area (Å²) >= 11 is 1.72. The number of aromatic hydroxyl groups is 1. The van der Waals surface area contributed by atoms with Gasteiger partial charge in [0.1, 0.15) is 17.2 Å². The van der Waals surface area contributed by atoms with Crippen LogP contribution in [0.15, 0.2) is 66.7 Å². The first kappa shape index (κ1) is 42.9. The number of esters is 2. The van der Waals surface area contributed by atoms with Crippen LogP contribution in [0, 0.1) is 9.49 Å². The molecular weight excluding hydrogens is 834 g/mol. The molecule has 3 aromatic carbocycles. The molecule has 0 saturated carbocycles. The molecule has 0 aromatic heterocycles. The van der Waals surface area contributed by atoms with E-state index in [9.17, 15) is 45.1 Å². The maximum Gasteiger partial charge on any atom is 0.432 e. The predicted octanol–water partition coefficient (Wildman–Crippen LogP) is 8.63. The predicted molar refractivity (Wildman–Crippen MR) is 187 cm³/mol. The van der Waals surface area contributed by atoms with Crippen molar-refractivity contribution < 1.29 is 68.6 Å². The minimum Gasteiger partial charge on any atom is -0.508 e. The van der Waals surface area contributed by atoms with Crippen LogP contribution in [-0.4, -0.2) is 60.4 Å². The summed E-state index contributed by atoms with van der Waals surface area (Å²) in [5.41, 5.74) is 1.06. The number of halogens is 6. The van der Waals surface area contributed by atoms with Crippen molar-refractivity contribution >= 4 is 44.6 Å². The van der Waals surface area contributed by atoms with E-state index in [-0.39, 0.29) is 33.3 Å². The molecule has 3 rings (SSSR count). The largest absolute Gasteiger partial charge is 0.508 e. The zero-order valence-electron chi connectivity index (χ0n) is 28.4. The van der Waals surface area contributed by atoms with Crippen LogP contribution in [0.4, 0.5) is 22.0 Å². The Labute approximate surface area is 311 Å². The Morgan fingerprint density at radius 2 is 1.48 bits per heavy atom. The SMILES string of the molecule is CCOC(C)Oc1ccc(C(C)CC(CC(CC)C(=O)Oc2cc(C(=O)OC(C(F)(F)F)C(F)(F)S(=O)(=O)O)ccc2I)c2ccc(O)cc2)cc1. The van der Waals surface area contributed by atoms with Crippen molar-refractivity contribution in [2.45, 2.75) is 82.6 Å². The van der Waals surface area contributed by atoms with Gasteiger partial charge >= 0.3 is 33.5 Å². The summed E-state index contributed by atoms with van der Waals surface area (Å²) in [6.07, 6.45) is -9.92. The third-order valence-electron chi connectivity index (χ3n) is 8.10. The van der Waals surface area contributed by atoms with Crippen LogP contribution in [-0.2, 0) is 24.4 Å². The summed E-state index contributed by atoms with van der Waals surface area (Å²) in [5, 5.41) is 3.98. The van der Waals surface area contributed by atoms with Gasteiger partial charge in [0.15, 0.2) is 6.29 Å². The lowest BCUT2D eigenvalue weighted by Crippen LogP contribution is -2.52. The van der Waals surface area contributed by atoms with Crippen LogP contribution in [0.1, 0.15) is 80.3 Å². The summed E-state index contributed by atoms with van der Waals surface area (Å²) in [6, 6.07) is 16.9. The highest BCUT2D eigenvalue weighted by molar-refractivity contribution is 14.1. The molecule has 0 aliphatic heterocycles. The average molecular weight is 873 g/mol. The molecule has 0 amide bonds. The van der Waals surface area contributed by atoms with Crippen molar-refractivity contribution in [3.8, 4) is 17.2 Å². The molecule has 0 radical (unpaired) electrons. The van der Waals surface area contributed by atoms with Crippen LogP contribution < -0.4 is 9.47 Å². The Balaban J connectivity index is 1.82. The van der Waals surface area contributed by atoms with Gasteiger partial charge in [-0.3, -0.25) is 9.35 Å². The maximum absolute atomic E-state index is 14.0. The lowest BCUT2D eigenvalue weighted by molar-refractivity contribution is -0.248. The van der Waals surface area contributed by atoms with E-state index < -0.39 is 57.4 Å². The number of carbonyl (C=O) groups excluding carboxylic acids is 2. The molecule has 52 heavy (non-hydrogen) atoms. The first-order valence-corrected chi connectivity index (χ1v) is 18.5. The molecule has 3 aromatic rings. The van der Waals surface area contributed by atoms with Gasteiger partial charge in [0.05, 0.1) is 15.1 Å². The van der Waals surface area contributed by atoms with Gasteiger partial charge in [0.25, 0.3) is 6.10 Å². The molecule has 0 bridgehead atoms. The van der Waals surface area contributed by atoms with Gasteiger partial charge in [-0.15, -0.1) is 0 Å². The van der Waals surface area contributed by atoms with E-state index in [4.69, 9.17) is 18.8 Å². The van der Waals surface area contributed by atoms with Crippen LogP contribution in [0.25, 0.3) is 0 Å². The fourth-order valence-corrected chi connectivity index (χ4v) is 6.22. The molecule has 0 aliphatic carbocycles. The molecule has 0 heterocycles. The molecule has 5 unspecified atom stereocenters. The molecule has 286 valence electrons. The van der Waals surface area contributed by atoms with Crippen molar-refractivity contribution in [2.75, 3.05) is 6.61 Å². The molecule has 0 aliphatic rings. The van der Waals surface area contributed by atoms with Crippen molar-refractivity contribution in [3.63, 3.8) is 0 Å². The Bertz CT molecular complexity index is 1770. The van der Waals surface area contributed by atoms with E-state index in [1.54, 1.807) is 48.6 Å². The topological polar surface area (TPSA) is 146 Å². The minimum absolute atomic E-state index is 0.0111. The van der Waals surface area contributed by atoms with Crippen molar-refractivity contribution in [3.05, 3.63) is 87.0 Å². The highest BCUT2D eigenvalue weighted by Crippen LogP contribution is 2.40. The average Bonchev–Trinajstić information content (AvgIpc) is 3.05. The number of hydrogen-bond acceptors (Lipinski definition) is 9. The molecular formula is C35H38F5IO10S. The third kappa shape index (κ3) is 11.5. The fourth-order valence-electron chi connectivity index (χ4n) is 5.32. The zero-order valence-corrected chi connectivity index (χ0v) is 31.4. The van der Waals surface area contributed by atoms with E-state index >= 15 is 0 Å². The summed E-state index contributed by atoms with van der Waals surface area (Å²) in [6.45, 7) is 7.92. The molecule has 10 nitrogen and oxygen atoms in total. The number of ether oxygens (including phenoxy) is 4. The zero-order chi connectivity index (χ0) is 39.0. The van der Waals surface area contributed by atoms with E-state index in [2.05, 4.69) is 4.74 Å². The van der Waals surface area contributed by atoms with Gasteiger partial charge in [0.2, 0.25) is 0 Å². The first-order chi connectivity index (χ1) is 24.2. The van der Waals surface area contributed by atoms with Crippen molar-refractivity contribution in [2.24, 2.45) is 5.92 Å². The second-order valence-corrected chi connectivity index (χ2v) is 14.6. The normalized spacial score (nSPS) is 15.2. The molecule has 0 spiro atoms. The Morgan fingerprint density at radius 1 is 0.885 bits per heavy atom. The van der Waals surface area contributed by atoms with Gasteiger partial charge in [-0.1, -0.05) is 38.1 Å². The Hall–Kier alpha value is -3.55. The van der Waals surface area contributed by atoms with E-state index in [0.29, 0.717) is 25.2 Å². The molecule has 0 saturated heterocycles. The number of benzene rings is 3. The van der Waals surface area contributed by atoms with Crippen molar-refractivity contribution in [1.29, 1.82) is 0 Å². The van der Waals surface area contributed by atoms with E-state index in [1.165, 1.54) is 12.1 Å². The molecule has 5 atom stereocenters. The summed E-state index contributed by atoms with van der Waals surface area (Å²) in [5.74, 6) is -3.36. The summed E-state index contributed by atoms with van der Waals surface area (Å²) < 4.78 is 119. The fraction of sp³-hybridized carbons (Fsp3) is 0.429. The number of alkyl halides is 5. The molecule has 2 N–H and O–H groups in total. The highest BCUT2D eigenvalue weighted by atomic mass is 127. The number of carbonyl (C=O) groups is 2. The molecule has 0 fully saturated rings. The first-order valence-electron chi connectivity index (χ1n) is 16.0. The second-order valence-electron chi connectivity index (χ2n) is 11.9. The highest BCUT2D eigenvalue weighted by Gasteiger charge is 2.66. The Morgan fingerprint density at radius 3 is 2.02 bits per heavy atom. The van der Waals surface area contributed by atoms with E-state index in [1.807, 2.05) is 38.1 Å². The molecule has 17 heteroatoms. The quantitative estimate of drug-likeness (QED) is 0.0338. The van der Waals surface area contributed by atoms with Crippen LogP contribution in [0.5, 0.6) is 17.2 Å². The third-order valence-corrected chi connectivity index (χ3v) is 9.89. The van der Waals surface area contributed by atoms with Gasteiger partial charge in [0, 0.05) is 6.61 Å². The monoisotopic (exact) mass is 872 g/mol. The Kier molecular flexibility index (Phi) is 14.8. The summed E-state index contributed by atoms with van der Waals surface area (Å²) in [7, 11) is -6.64. The lowest BCUT2D eigenvalue weighted by Gasteiger charge is -2.26. The van der Waals surface area contributed by atoms with Gasteiger partial charge in [-0.2, -0.15) is 30.4 Å². The van der Waals surface area contributed by atoms with Crippen LogP contribution in [0.3, 0.4) is 0 Å². The number of hydrogen-bond donors (Lipinski definition) is 2. The lowest BCUT2D eigenvalue weighted by atomic mass is 9.80. The summed E-state index contributed by atoms with van der Waals surface area (Å²) in [4.78, 5) is 26.1. The van der Waals surface area contributed by atoms with Crippen LogP contribution in [0.2, 0.25) is 0 Å². The number of phenols is 1. The van der Waals surface area contributed by atoms with E-state index in [0.717, 1.165) is 29.3 Å². The van der Waals surface area contributed by atoms with Gasteiger partial charge in [-0.05, 0) is 121 Å². The van der Waals surface area contributed by atoms with Gasteiger partial charge in [-0.25, -0.2) is 4.79 Å². The van der Waals surface area contributed by atoms with Gasteiger partial charge < -0.3 is 24.1 Å². The maximum atomic E-state index is 14.0. The number of phenolic OH excluding ortho intramolecular Hbond substituents is 1. The smallest absolute Gasteiger partial charge is 0.432 e. The second kappa shape index (κ2) is 18.0. The van der Waals surface area contributed by atoms with Crippen molar-refractivity contribution in [1.82, 2.24) is 0 Å².